The molecule has 0 atom stereocenters. The summed E-state index contributed by atoms with van der Waals surface area (Å²) in [6.45, 7) is 0. The molecule has 4 rings (SSSR count). The molecule has 0 aromatic heterocycles. The van der Waals surface area contributed by atoms with Gasteiger partial charge in [-0.1, -0.05) is 60.0 Å². The zero-order valence-electron chi connectivity index (χ0n) is 13.9. The molecule has 0 saturated carbocycles. The van der Waals surface area contributed by atoms with Gasteiger partial charge in [0.15, 0.2) is 0 Å². The number of hydrogen-bond donors (Lipinski definition) is 0. The maximum atomic E-state index is 11.2. The first kappa shape index (κ1) is 20.1. The van der Waals surface area contributed by atoms with E-state index in [1.54, 1.807) is 36.4 Å². The Hall–Kier alpha value is -3.18. The molecular weight excluding hydrogens is 402 g/mol. The summed E-state index contributed by atoms with van der Waals surface area (Å²) in [6, 6.07) is 12.6. The van der Waals surface area contributed by atoms with Gasteiger partial charge in [0, 0.05) is 11.1 Å². The van der Waals surface area contributed by atoms with Crippen molar-refractivity contribution in [2.45, 2.75) is 0 Å². The maximum absolute atomic E-state index is 11.2. The molecule has 0 bridgehead atoms. The summed E-state index contributed by atoms with van der Waals surface area (Å²) in [7, 11) is 0. The first-order valence-corrected chi connectivity index (χ1v) is 7.53. The second-order valence-electron chi connectivity index (χ2n) is 5.50. The molecular formula is C20H10O6Zn. The Morgan fingerprint density at radius 2 is 0.815 bits per heavy atom. The van der Waals surface area contributed by atoms with E-state index in [4.69, 9.17) is 0 Å². The molecule has 0 fully saturated rings. The van der Waals surface area contributed by atoms with Crippen LogP contribution in [-0.2, 0) is 29.1 Å². The van der Waals surface area contributed by atoms with E-state index in [1.165, 1.54) is 12.1 Å². The van der Waals surface area contributed by atoms with Gasteiger partial charge < -0.3 is 10.2 Å². The first-order valence-electron chi connectivity index (χ1n) is 7.53. The van der Waals surface area contributed by atoms with E-state index in [2.05, 4.69) is 0 Å². The van der Waals surface area contributed by atoms with Crippen LogP contribution in [0, 0.1) is 0 Å². The standard InChI is InChI=1S/2C10H6O3.Zn/c2*11-8-5-9(12)10(13)7-4-2-1-3-6(7)8;/h2*1-5,11H;/q;;+2/p-2. The fourth-order valence-corrected chi connectivity index (χ4v) is 2.58. The summed E-state index contributed by atoms with van der Waals surface area (Å²) in [5.41, 5.74) is 1.04. The smallest absolute Gasteiger partial charge is 0.872 e. The van der Waals surface area contributed by atoms with Gasteiger partial charge in [0.05, 0.1) is 0 Å². The Morgan fingerprint density at radius 1 is 0.519 bits per heavy atom. The van der Waals surface area contributed by atoms with E-state index in [1.807, 2.05) is 0 Å². The number of carbonyl (C=O) groups is 4. The maximum Gasteiger partial charge on any atom is 2.00 e. The van der Waals surface area contributed by atoms with Crippen LogP contribution < -0.4 is 10.2 Å². The molecule has 0 unspecified atom stereocenters. The van der Waals surface area contributed by atoms with Crippen molar-refractivity contribution in [3.05, 3.63) is 82.9 Å². The molecule has 128 valence electrons. The molecule has 27 heavy (non-hydrogen) atoms. The van der Waals surface area contributed by atoms with Gasteiger partial charge in [0.2, 0.25) is 23.1 Å². The van der Waals surface area contributed by atoms with Gasteiger partial charge in [-0.25, -0.2) is 0 Å². The molecule has 6 nitrogen and oxygen atoms in total. The first-order chi connectivity index (χ1) is 12.4. The Morgan fingerprint density at radius 3 is 1.15 bits per heavy atom. The number of benzene rings is 2. The number of allylic oxidation sites excluding steroid dienone is 2. The molecule has 0 radical (unpaired) electrons. The number of ketones is 4. The minimum atomic E-state index is -0.733. The second kappa shape index (κ2) is 8.02. The van der Waals surface area contributed by atoms with Crippen LogP contribution in [0.25, 0.3) is 11.5 Å². The molecule has 0 N–H and O–H groups in total. The average Bonchev–Trinajstić information content (AvgIpc) is 2.65. The molecule has 0 spiro atoms. The van der Waals surface area contributed by atoms with Crippen LogP contribution in [0.4, 0.5) is 0 Å². The van der Waals surface area contributed by atoms with Gasteiger partial charge in [-0.3, -0.25) is 19.2 Å². The minimum absolute atomic E-state index is 0. The number of fused-ring (bicyclic) bond motifs is 2. The molecule has 2 aromatic rings. The number of hydrogen-bond acceptors (Lipinski definition) is 6. The molecule has 7 heteroatoms. The zero-order valence-corrected chi connectivity index (χ0v) is 16.9. The quantitative estimate of drug-likeness (QED) is 0.455. The zero-order chi connectivity index (χ0) is 18.8. The van der Waals surface area contributed by atoms with Crippen molar-refractivity contribution in [1.29, 1.82) is 0 Å². The van der Waals surface area contributed by atoms with Crippen LogP contribution in [0.15, 0.2) is 60.7 Å². The van der Waals surface area contributed by atoms with Gasteiger partial charge in [-0.2, -0.15) is 0 Å². The summed E-state index contributed by atoms with van der Waals surface area (Å²) in [6.07, 6.45) is 1.68. The normalized spacial score (nSPS) is 14.7. The van der Waals surface area contributed by atoms with Crippen LogP contribution in [0.3, 0.4) is 0 Å². The van der Waals surface area contributed by atoms with Crippen molar-refractivity contribution in [1.82, 2.24) is 0 Å². The van der Waals surface area contributed by atoms with Crippen LogP contribution in [0.2, 0.25) is 0 Å². The second-order valence-corrected chi connectivity index (χ2v) is 5.50. The predicted molar refractivity (Wildman–Crippen MR) is 87.5 cm³/mol. The number of rotatable bonds is 0. The third kappa shape index (κ3) is 3.83. The fourth-order valence-electron chi connectivity index (χ4n) is 2.58. The van der Waals surface area contributed by atoms with E-state index >= 15 is 0 Å². The predicted octanol–water partition coefficient (Wildman–Crippen LogP) is 0.304. The van der Waals surface area contributed by atoms with Crippen molar-refractivity contribution in [3.8, 4) is 0 Å². The summed E-state index contributed by atoms with van der Waals surface area (Å²) >= 11 is 0. The molecule has 0 heterocycles. The minimum Gasteiger partial charge on any atom is -0.872 e. The van der Waals surface area contributed by atoms with E-state index in [-0.39, 0.29) is 42.1 Å². The van der Waals surface area contributed by atoms with Crippen LogP contribution >= 0.6 is 0 Å². The molecule has 2 aromatic carbocycles. The molecule has 0 aliphatic heterocycles. The van der Waals surface area contributed by atoms with Crippen molar-refractivity contribution in [2.75, 3.05) is 0 Å². The summed E-state index contributed by atoms with van der Waals surface area (Å²) in [4.78, 5) is 44.3. The van der Waals surface area contributed by atoms with E-state index in [9.17, 15) is 29.4 Å². The van der Waals surface area contributed by atoms with Gasteiger partial charge >= 0.3 is 19.5 Å². The largest absolute Gasteiger partial charge is 2.00 e. The van der Waals surface area contributed by atoms with E-state index in [0.29, 0.717) is 11.1 Å². The summed E-state index contributed by atoms with van der Waals surface area (Å²) in [5, 5.41) is 22.4. The average molecular weight is 412 g/mol. The molecule has 2 aliphatic carbocycles. The van der Waals surface area contributed by atoms with Gasteiger partial charge in [0.1, 0.15) is 0 Å². The fraction of sp³-hybridized carbons (Fsp3) is 0. The third-order valence-electron chi connectivity index (χ3n) is 3.85. The van der Waals surface area contributed by atoms with Gasteiger partial charge in [-0.05, 0) is 23.3 Å². The Kier molecular flexibility index (Phi) is 5.98. The van der Waals surface area contributed by atoms with E-state index < -0.39 is 23.1 Å². The van der Waals surface area contributed by atoms with Gasteiger partial charge in [0.25, 0.3) is 0 Å². The van der Waals surface area contributed by atoms with Crippen molar-refractivity contribution in [3.63, 3.8) is 0 Å². The molecule has 2 aliphatic rings. The number of carbonyl (C=O) groups excluding carboxylic acids is 4. The van der Waals surface area contributed by atoms with Crippen molar-refractivity contribution >= 4 is 34.7 Å². The van der Waals surface area contributed by atoms with Crippen molar-refractivity contribution < 1.29 is 48.9 Å². The third-order valence-corrected chi connectivity index (χ3v) is 3.85. The van der Waals surface area contributed by atoms with E-state index in [0.717, 1.165) is 12.2 Å². The van der Waals surface area contributed by atoms with Crippen LogP contribution in [0.5, 0.6) is 0 Å². The Labute approximate surface area is 166 Å². The molecule has 0 saturated heterocycles. The van der Waals surface area contributed by atoms with Gasteiger partial charge in [-0.15, -0.1) is 0 Å². The Bertz CT molecular complexity index is 949. The SMILES string of the molecule is O=C1C=C([O-])c2ccccc2C1=O.O=C1C=C([O-])c2ccccc2C1=O.[Zn+2]. The monoisotopic (exact) mass is 410 g/mol. The summed E-state index contributed by atoms with van der Waals surface area (Å²) in [5.74, 6) is -3.45. The van der Waals surface area contributed by atoms with Crippen molar-refractivity contribution in [2.24, 2.45) is 0 Å². The number of Topliss-reactive ketones (excluding diaryl/α,β-unsaturated/α-hetero) is 2. The van der Waals surface area contributed by atoms with Crippen LogP contribution in [0.1, 0.15) is 31.8 Å². The topological polar surface area (TPSA) is 114 Å². The Balaban J connectivity index is 0.000000187. The molecule has 0 amide bonds. The van der Waals surface area contributed by atoms with Crippen LogP contribution in [-0.4, -0.2) is 23.1 Å². The summed E-state index contributed by atoms with van der Waals surface area (Å²) < 4.78 is 0.